The average molecular weight is 492 g/mol. The third kappa shape index (κ3) is 9.51. The fourth-order valence-corrected chi connectivity index (χ4v) is 4.48. The Morgan fingerprint density at radius 2 is 1.59 bits per heavy atom. The van der Waals surface area contributed by atoms with Gasteiger partial charge in [-0.2, -0.15) is 0 Å². The average Bonchev–Trinajstić information content (AvgIpc) is 2.65. The first kappa shape index (κ1) is 28.5. The van der Waals surface area contributed by atoms with Gasteiger partial charge in [-0.25, -0.2) is 0 Å². The minimum atomic E-state index is -1.59. The molecule has 11 heteroatoms. The number of hydrogen-bond donors (Lipinski definition) is 0. The number of ether oxygens (including phenoxy) is 4. The largest absolute Gasteiger partial charge is 0.591 e. The fraction of sp³-hybridized carbons (Fsp3) is 0.714. The van der Waals surface area contributed by atoms with E-state index in [0.717, 1.165) is 12.8 Å². The van der Waals surface area contributed by atoms with E-state index in [-0.39, 0.29) is 0 Å². The molecular formula is C21H33NO8S2. The van der Waals surface area contributed by atoms with Gasteiger partial charge in [0.1, 0.15) is 27.6 Å². The van der Waals surface area contributed by atoms with Crippen LogP contribution in [0, 0.1) is 0 Å². The molecule has 1 fully saturated rings. The van der Waals surface area contributed by atoms with E-state index in [4.69, 9.17) is 18.9 Å². The van der Waals surface area contributed by atoms with Crippen molar-refractivity contribution < 1.29 is 37.9 Å². The van der Waals surface area contributed by atoms with Gasteiger partial charge in [0.25, 0.3) is 0 Å². The van der Waals surface area contributed by atoms with Gasteiger partial charge in [0, 0.05) is 20.8 Å². The number of rotatable bonds is 10. The first-order valence-electron chi connectivity index (χ1n) is 10.2. The molecule has 0 saturated carbocycles. The molecule has 9 nitrogen and oxygen atoms in total. The van der Waals surface area contributed by atoms with Crippen molar-refractivity contribution in [3.63, 3.8) is 0 Å². The van der Waals surface area contributed by atoms with Crippen molar-refractivity contribution in [3.8, 4) is 0 Å². The molecule has 0 spiro atoms. The quantitative estimate of drug-likeness (QED) is 0.113. The van der Waals surface area contributed by atoms with Gasteiger partial charge >= 0.3 is 17.9 Å². The highest BCUT2D eigenvalue weighted by Crippen LogP contribution is 2.34. The maximum atomic E-state index is 12.4. The normalized spacial score (nSPS) is 26.9. The summed E-state index contributed by atoms with van der Waals surface area (Å²) in [6, 6.07) is 0. The number of carbonyl (C=O) groups is 3. The van der Waals surface area contributed by atoms with Crippen LogP contribution in [0.25, 0.3) is 0 Å². The van der Waals surface area contributed by atoms with Crippen LogP contribution in [-0.4, -0.2) is 69.0 Å². The zero-order valence-corrected chi connectivity index (χ0v) is 21.0. The summed E-state index contributed by atoms with van der Waals surface area (Å²) in [4.78, 5) is 35.4. The molecule has 0 aromatic carbocycles. The van der Waals surface area contributed by atoms with Crippen molar-refractivity contribution in [1.29, 1.82) is 0 Å². The van der Waals surface area contributed by atoms with E-state index < -0.39 is 63.9 Å². The van der Waals surface area contributed by atoms with Crippen molar-refractivity contribution in [1.82, 2.24) is 0 Å². The lowest BCUT2D eigenvalue weighted by molar-refractivity contribution is -0.221. The van der Waals surface area contributed by atoms with Crippen molar-refractivity contribution in [2.24, 2.45) is 4.40 Å². The number of hydrogen-bond acceptors (Lipinski definition) is 10. The highest BCUT2D eigenvalue weighted by atomic mass is 32.2. The summed E-state index contributed by atoms with van der Waals surface area (Å²) >= 11 is -0.222. The number of carbonyl (C=O) groups excluding carboxylic acids is 3. The molecule has 0 aliphatic carbocycles. The molecule has 1 rings (SSSR count). The second-order valence-electron chi connectivity index (χ2n) is 8.11. The summed E-state index contributed by atoms with van der Waals surface area (Å²) in [5, 5.41) is 0. The Hall–Kier alpha value is -1.56. The molecular weight excluding hydrogens is 458 g/mol. The molecule has 0 aromatic rings. The van der Waals surface area contributed by atoms with Crippen LogP contribution in [0.4, 0.5) is 0 Å². The van der Waals surface area contributed by atoms with Gasteiger partial charge in [-0.3, -0.25) is 14.4 Å². The molecule has 0 N–H and O–H groups in total. The predicted octanol–water partition coefficient (Wildman–Crippen LogP) is 2.74. The van der Waals surface area contributed by atoms with Crippen molar-refractivity contribution in [2.45, 2.75) is 89.0 Å². The summed E-state index contributed by atoms with van der Waals surface area (Å²) in [7, 11) is 0. The Morgan fingerprint density at radius 1 is 1.06 bits per heavy atom. The minimum Gasteiger partial charge on any atom is -0.591 e. The smallest absolute Gasteiger partial charge is 0.303 e. The van der Waals surface area contributed by atoms with Gasteiger partial charge in [-0.15, -0.1) is 18.3 Å². The second kappa shape index (κ2) is 13.2. The van der Waals surface area contributed by atoms with E-state index >= 15 is 0 Å². The van der Waals surface area contributed by atoms with Crippen LogP contribution in [0.15, 0.2) is 17.1 Å². The molecule has 0 amide bonds. The van der Waals surface area contributed by atoms with Crippen molar-refractivity contribution in [3.05, 3.63) is 12.7 Å². The van der Waals surface area contributed by atoms with Crippen LogP contribution in [0.1, 0.15) is 54.4 Å². The maximum absolute atomic E-state index is 12.4. The van der Waals surface area contributed by atoms with Crippen LogP contribution >= 0.6 is 11.8 Å². The van der Waals surface area contributed by atoms with Gasteiger partial charge in [0.15, 0.2) is 18.3 Å². The number of thioether (sulfide) groups is 1. The molecule has 0 aromatic heterocycles. The Balaban J connectivity index is 3.32. The fourth-order valence-electron chi connectivity index (χ4n) is 2.76. The summed E-state index contributed by atoms with van der Waals surface area (Å²) in [6.45, 7) is 12.6. The maximum Gasteiger partial charge on any atom is 0.303 e. The van der Waals surface area contributed by atoms with E-state index in [2.05, 4.69) is 11.0 Å². The molecule has 1 heterocycles. The van der Waals surface area contributed by atoms with E-state index in [1.807, 2.05) is 0 Å². The number of esters is 3. The molecule has 182 valence electrons. The van der Waals surface area contributed by atoms with Crippen LogP contribution in [0.5, 0.6) is 0 Å². The molecule has 6 unspecified atom stereocenters. The summed E-state index contributed by atoms with van der Waals surface area (Å²) < 4.78 is 38.2. The molecule has 1 aliphatic rings. The summed E-state index contributed by atoms with van der Waals surface area (Å²) in [6.07, 6.45) is 0.409. The highest BCUT2D eigenvalue weighted by molar-refractivity contribution is 7.99. The third-order valence-corrected chi connectivity index (χ3v) is 6.69. The predicted molar refractivity (Wildman–Crippen MR) is 124 cm³/mol. The lowest BCUT2D eigenvalue weighted by Crippen LogP contribution is -2.61. The van der Waals surface area contributed by atoms with Crippen LogP contribution < -0.4 is 0 Å². The van der Waals surface area contributed by atoms with Crippen LogP contribution in [0.3, 0.4) is 0 Å². The zero-order chi connectivity index (χ0) is 24.5. The molecule has 6 atom stereocenters. The lowest BCUT2D eigenvalue weighted by Gasteiger charge is -2.43. The number of unbranched alkanes of at least 4 members (excludes halogenated alkanes) is 1. The molecule has 1 saturated heterocycles. The van der Waals surface area contributed by atoms with E-state index in [0.29, 0.717) is 5.75 Å². The van der Waals surface area contributed by atoms with E-state index in [1.165, 1.54) is 38.7 Å². The zero-order valence-electron chi connectivity index (χ0n) is 19.4. The van der Waals surface area contributed by atoms with Gasteiger partial charge in [0.2, 0.25) is 0 Å². The lowest BCUT2D eigenvalue weighted by atomic mass is 9.99. The Morgan fingerprint density at radius 3 is 2.09 bits per heavy atom. The standard InChI is InChI=1S/C21H33NO8S2/c1-8-9-10-11-31-20-19(29-15(4)25)18(28-14(3)24)17(27-13(2)23)16(30-20)12-22-32(26)21(5,6)7/h8,12,16-20H,1,9-11H2,2-7H3. The highest BCUT2D eigenvalue weighted by Gasteiger charge is 2.51. The molecule has 0 bridgehead atoms. The van der Waals surface area contributed by atoms with Gasteiger partial charge in [-0.1, -0.05) is 10.5 Å². The van der Waals surface area contributed by atoms with Crippen LogP contribution in [-0.2, 0) is 44.7 Å². The van der Waals surface area contributed by atoms with E-state index in [1.54, 1.807) is 26.8 Å². The Labute approximate surface area is 197 Å². The Bertz CT molecular complexity index is 694. The first-order chi connectivity index (χ1) is 14.9. The summed E-state index contributed by atoms with van der Waals surface area (Å²) in [5.41, 5.74) is -0.737. The SMILES string of the molecule is C=CCCCSC1OC(C=N[S+]([O-])C(C)(C)C)C(OC(C)=O)C(OC(C)=O)C1OC(C)=O. The van der Waals surface area contributed by atoms with E-state index in [9.17, 15) is 18.9 Å². The van der Waals surface area contributed by atoms with Crippen LogP contribution in [0.2, 0.25) is 0 Å². The molecule has 0 radical (unpaired) electrons. The second-order valence-corrected chi connectivity index (χ2v) is 11.2. The summed E-state index contributed by atoms with van der Waals surface area (Å²) in [5.74, 6) is -1.24. The number of allylic oxidation sites excluding steroid dienone is 1. The van der Waals surface area contributed by atoms with Crippen molar-refractivity contribution >= 4 is 47.2 Å². The van der Waals surface area contributed by atoms with Gasteiger partial charge < -0.3 is 23.5 Å². The number of nitrogens with zero attached hydrogens (tertiary/aromatic N) is 1. The van der Waals surface area contributed by atoms with Crippen molar-refractivity contribution in [2.75, 3.05) is 5.75 Å². The third-order valence-electron chi connectivity index (χ3n) is 4.10. The van der Waals surface area contributed by atoms with Gasteiger partial charge in [0.05, 0.1) is 6.21 Å². The molecule has 32 heavy (non-hydrogen) atoms. The topological polar surface area (TPSA) is 124 Å². The molecule has 1 aliphatic heterocycles. The Kier molecular flexibility index (Phi) is 11.8. The first-order valence-corrected chi connectivity index (χ1v) is 12.4. The monoisotopic (exact) mass is 491 g/mol. The van der Waals surface area contributed by atoms with Gasteiger partial charge in [-0.05, 0) is 39.4 Å². The minimum absolute atomic E-state index is 0.602.